The number of amides is 1. The maximum Gasteiger partial charge on any atom is 0.264 e. The second-order valence-electron chi connectivity index (χ2n) is 8.79. The lowest BCUT2D eigenvalue weighted by molar-refractivity contribution is -0.128. The van der Waals surface area contributed by atoms with Crippen LogP contribution in [0.5, 0.6) is 11.5 Å². The van der Waals surface area contributed by atoms with Gasteiger partial charge in [-0.05, 0) is 56.2 Å². The van der Waals surface area contributed by atoms with E-state index in [4.69, 9.17) is 15.6 Å². The fourth-order valence-electron chi connectivity index (χ4n) is 4.58. The third-order valence-corrected chi connectivity index (χ3v) is 6.45. The molecule has 1 aliphatic rings. The van der Waals surface area contributed by atoms with Crippen molar-refractivity contribution in [1.29, 1.82) is 5.26 Å². The number of nitrogens with two attached hydrogens (primary N) is 1. The third-order valence-electron chi connectivity index (χ3n) is 6.45. The summed E-state index contributed by atoms with van der Waals surface area (Å²) in [6, 6.07) is 11.8. The fourth-order valence-corrected chi connectivity index (χ4v) is 4.58. The van der Waals surface area contributed by atoms with Crippen molar-refractivity contribution in [3.8, 4) is 28.8 Å². The number of halogens is 2. The van der Waals surface area contributed by atoms with Crippen LogP contribution < -0.4 is 10.5 Å². The molecule has 192 valence electrons. The Bertz CT molecular complexity index is 1570. The summed E-state index contributed by atoms with van der Waals surface area (Å²) in [6.45, 7) is 2.56. The van der Waals surface area contributed by atoms with Gasteiger partial charge in [-0.15, -0.1) is 0 Å². The molecule has 1 aliphatic heterocycles. The lowest BCUT2D eigenvalue weighted by Crippen LogP contribution is -2.41. The van der Waals surface area contributed by atoms with Gasteiger partial charge in [-0.1, -0.05) is 12.1 Å². The van der Waals surface area contributed by atoms with Gasteiger partial charge in [0.2, 0.25) is 0 Å². The molecule has 2 N–H and O–H groups in total. The first-order chi connectivity index (χ1) is 18.4. The number of carbonyl (C=O) groups excluding carboxylic acids is 1. The van der Waals surface area contributed by atoms with Gasteiger partial charge in [-0.3, -0.25) is 4.79 Å². The fraction of sp³-hybridized carbons (Fsp3) is 0.222. The van der Waals surface area contributed by atoms with Crippen LogP contribution in [0, 0.1) is 23.0 Å². The Morgan fingerprint density at radius 1 is 1.18 bits per heavy atom. The molecule has 1 fully saturated rings. The smallest absolute Gasteiger partial charge is 0.264 e. The summed E-state index contributed by atoms with van der Waals surface area (Å²) < 4.78 is 35.2. The van der Waals surface area contributed by atoms with E-state index in [1.54, 1.807) is 40.8 Å². The first-order valence-electron chi connectivity index (χ1n) is 12.0. The van der Waals surface area contributed by atoms with Crippen LogP contribution in [0.1, 0.15) is 25.8 Å². The number of carbonyl (C=O) groups is 1. The number of nitrogens with zero attached hydrogens (tertiary/aromatic N) is 6. The van der Waals surface area contributed by atoms with Crippen molar-refractivity contribution >= 4 is 22.8 Å². The average molecular weight is 516 g/mol. The molecule has 38 heavy (non-hydrogen) atoms. The van der Waals surface area contributed by atoms with Gasteiger partial charge < -0.3 is 15.4 Å². The molecule has 9 nitrogen and oxygen atoms in total. The molecule has 0 saturated carbocycles. The van der Waals surface area contributed by atoms with Crippen LogP contribution in [0.2, 0.25) is 0 Å². The van der Waals surface area contributed by atoms with Gasteiger partial charge in [-0.25, -0.2) is 23.4 Å². The molecule has 11 heteroatoms. The van der Waals surface area contributed by atoms with Gasteiger partial charge in [0.15, 0.2) is 23.0 Å². The van der Waals surface area contributed by atoms with E-state index < -0.39 is 17.4 Å². The maximum absolute atomic E-state index is 14.0. The molecule has 2 aromatic heterocycles. The van der Waals surface area contributed by atoms with E-state index in [0.717, 1.165) is 25.0 Å². The first kappa shape index (κ1) is 24.8. The minimum atomic E-state index is -0.805. The number of hydrogen-bond acceptors (Lipinski definition) is 7. The van der Waals surface area contributed by atoms with Crippen molar-refractivity contribution in [2.75, 3.05) is 18.8 Å². The Labute approximate surface area is 216 Å². The van der Waals surface area contributed by atoms with E-state index in [1.807, 2.05) is 6.07 Å². The number of ether oxygens (including phenoxy) is 1. The van der Waals surface area contributed by atoms with Crippen LogP contribution in [0.15, 0.2) is 60.4 Å². The number of anilines is 1. The van der Waals surface area contributed by atoms with Crippen molar-refractivity contribution in [2.45, 2.75) is 25.8 Å². The summed E-state index contributed by atoms with van der Waals surface area (Å²) in [5.74, 6) is -1.92. The van der Waals surface area contributed by atoms with Crippen LogP contribution in [0.25, 0.3) is 22.3 Å². The Balaban J connectivity index is 1.48. The SMILES string of the molecule is C/C=C(\C#N)C(=O)N1CCC[C@@H](n2nc(-c3ccc(Oc4c(F)cccc4F)cc3)c3c(N)ncnc32)C1. The molecular weight excluding hydrogens is 492 g/mol. The summed E-state index contributed by atoms with van der Waals surface area (Å²) >= 11 is 0. The number of likely N-dealkylation sites (tertiary alicyclic amines) is 1. The van der Waals surface area contributed by atoms with Gasteiger partial charge in [0, 0.05) is 18.7 Å². The molecule has 0 spiro atoms. The van der Waals surface area contributed by atoms with Crippen molar-refractivity contribution < 1.29 is 18.3 Å². The predicted molar refractivity (Wildman–Crippen MR) is 136 cm³/mol. The molecule has 2 aromatic carbocycles. The molecule has 0 unspecified atom stereocenters. The normalized spacial score (nSPS) is 15.9. The molecule has 0 radical (unpaired) electrons. The van der Waals surface area contributed by atoms with Gasteiger partial charge in [0.25, 0.3) is 5.91 Å². The molecule has 1 atom stereocenters. The third kappa shape index (κ3) is 4.52. The first-order valence-corrected chi connectivity index (χ1v) is 12.0. The topological polar surface area (TPSA) is 123 Å². The van der Waals surface area contributed by atoms with E-state index in [1.165, 1.54) is 18.5 Å². The van der Waals surface area contributed by atoms with Crippen LogP contribution in [0.4, 0.5) is 14.6 Å². The molecule has 3 heterocycles. The zero-order chi connectivity index (χ0) is 26.8. The molecular formula is C27H23F2N7O2. The Hall–Kier alpha value is -4.85. The maximum atomic E-state index is 14.0. The van der Waals surface area contributed by atoms with E-state index in [9.17, 15) is 18.8 Å². The number of aromatic nitrogens is 4. The van der Waals surface area contributed by atoms with E-state index in [2.05, 4.69) is 9.97 Å². The number of para-hydroxylation sites is 1. The number of hydrogen-bond donors (Lipinski definition) is 1. The summed E-state index contributed by atoms with van der Waals surface area (Å²) in [4.78, 5) is 23.0. The summed E-state index contributed by atoms with van der Waals surface area (Å²) in [6.07, 6.45) is 4.35. The number of benzene rings is 2. The molecule has 0 aliphatic carbocycles. The van der Waals surface area contributed by atoms with E-state index in [-0.39, 0.29) is 29.1 Å². The van der Waals surface area contributed by atoms with Crippen LogP contribution in [-0.4, -0.2) is 43.6 Å². The monoisotopic (exact) mass is 515 g/mol. The summed E-state index contributed by atoms with van der Waals surface area (Å²) in [5, 5.41) is 14.7. The van der Waals surface area contributed by atoms with Crippen molar-refractivity contribution in [3.63, 3.8) is 0 Å². The molecule has 4 aromatic rings. The largest absolute Gasteiger partial charge is 0.451 e. The highest BCUT2D eigenvalue weighted by atomic mass is 19.1. The number of rotatable bonds is 5. The minimum Gasteiger partial charge on any atom is -0.451 e. The summed E-state index contributed by atoms with van der Waals surface area (Å²) in [7, 11) is 0. The Kier molecular flexibility index (Phi) is 6.70. The van der Waals surface area contributed by atoms with E-state index >= 15 is 0 Å². The molecule has 5 rings (SSSR count). The van der Waals surface area contributed by atoms with Crippen molar-refractivity contribution in [3.05, 3.63) is 72.1 Å². The Morgan fingerprint density at radius 2 is 1.92 bits per heavy atom. The highest BCUT2D eigenvalue weighted by Crippen LogP contribution is 2.35. The van der Waals surface area contributed by atoms with Crippen LogP contribution in [0.3, 0.4) is 0 Å². The van der Waals surface area contributed by atoms with Gasteiger partial charge >= 0.3 is 0 Å². The second kappa shape index (κ2) is 10.3. The molecule has 0 bridgehead atoms. The van der Waals surface area contributed by atoms with E-state index in [0.29, 0.717) is 35.4 Å². The minimum absolute atomic E-state index is 0.0980. The van der Waals surface area contributed by atoms with Gasteiger partial charge in [0.1, 0.15) is 35.2 Å². The highest BCUT2D eigenvalue weighted by Gasteiger charge is 2.29. The van der Waals surface area contributed by atoms with Crippen molar-refractivity contribution in [1.82, 2.24) is 24.6 Å². The van der Waals surface area contributed by atoms with Crippen molar-refractivity contribution in [2.24, 2.45) is 0 Å². The van der Waals surface area contributed by atoms with Gasteiger partial charge in [-0.2, -0.15) is 10.4 Å². The number of fused-ring (bicyclic) bond motifs is 1. The average Bonchev–Trinajstić information content (AvgIpc) is 3.33. The van der Waals surface area contributed by atoms with Crippen LogP contribution >= 0.6 is 0 Å². The lowest BCUT2D eigenvalue weighted by Gasteiger charge is -2.32. The lowest BCUT2D eigenvalue weighted by atomic mass is 10.0. The second-order valence-corrected chi connectivity index (χ2v) is 8.79. The molecule has 1 amide bonds. The number of piperidine rings is 1. The highest BCUT2D eigenvalue weighted by molar-refractivity contribution is 5.99. The zero-order valence-corrected chi connectivity index (χ0v) is 20.4. The number of allylic oxidation sites excluding steroid dienone is 1. The summed E-state index contributed by atoms with van der Waals surface area (Å²) in [5.41, 5.74) is 8.04. The number of nitrogen functional groups attached to an aromatic ring is 1. The number of nitriles is 1. The quantitative estimate of drug-likeness (QED) is 0.300. The Morgan fingerprint density at radius 3 is 2.61 bits per heavy atom. The van der Waals surface area contributed by atoms with Gasteiger partial charge in [0.05, 0.1) is 11.4 Å². The predicted octanol–water partition coefficient (Wildman–Crippen LogP) is 4.78. The van der Waals surface area contributed by atoms with Crippen LogP contribution in [-0.2, 0) is 4.79 Å². The standard InChI is InChI=1S/C27H23F2N7O2/c1-2-16(13-30)27(37)35-12-4-5-18(14-35)36-26-22(25(31)32-15-33-26)23(34-36)17-8-10-19(11-9-17)38-24-20(28)6-3-7-21(24)29/h2-3,6-11,15,18H,4-5,12,14H2,1H3,(H2,31,32,33)/b16-2+/t18-/m1/s1. The molecule has 1 saturated heterocycles. The zero-order valence-electron chi connectivity index (χ0n) is 20.4.